The molecule has 7 nitrogen and oxygen atoms in total. The summed E-state index contributed by atoms with van der Waals surface area (Å²) < 4.78 is 3.85. The van der Waals surface area contributed by atoms with E-state index in [2.05, 4.69) is 19.9 Å². The van der Waals surface area contributed by atoms with Crippen LogP contribution < -0.4 is 5.32 Å². The summed E-state index contributed by atoms with van der Waals surface area (Å²) >= 11 is 1.14. The van der Waals surface area contributed by atoms with Gasteiger partial charge < -0.3 is 10.2 Å². The van der Waals surface area contributed by atoms with E-state index in [4.69, 9.17) is 0 Å². The fraction of sp³-hybridized carbons (Fsp3) is 0.571. The minimum absolute atomic E-state index is 0.0274. The normalized spacial score (nSPS) is 16.2. The molecule has 8 heteroatoms. The number of carbonyl (C=O) groups excluding carboxylic acids is 2. The molecule has 1 atom stereocenters. The molecule has 3 rings (SSSR count). The molecule has 0 radical (unpaired) electrons. The Bertz CT molecular complexity index is 804. The number of nitrogens with one attached hydrogen (secondary N) is 1. The average molecular weight is 416 g/mol. The molecule has 0 saturated heterocycles. The zero-order chi connectivity index (χ0) is 20.9. The maximum absolute atomic E-state index is 13.5. The molecule has 0 spiro atoms. The molecule has 0 unspecified atom stereocenters. The van der Waals surface area contributed by atoms with Crippen molar-refractivity contribution in [3.8, 4) is 0 Å². The quantitative estimate of drug-likeness (QED) is 0.744. The molecule has 1 N–H and O–H groups in total. The predicted octanol–water partition coefficient (Wildman–Crippen LogP) is 3.75. The van der Waals surface area contributed by atoms with Gasteiger partial charge in [0.25, 0.3) is 5.91 Å². The van der Waals surface area contributed by atoms with E-state index in [9.17, 15) is 9.59 Å². The van der Waals surface area contributed by atoms with Gasteiger partial charge in [-0.2, -0.15) is 0 Å². The molecule has 1 fully saturated rings. The van der Waals surface area contributed by atoms with Crippen molar-refractivity contribution in [3.63, 3.8) is 0 Å². The summed E-state index contributed by atoms with van der Waals surface area (Å²) in [6, 6.07) is 4.64. The first kappa shape index (κ1) is 21.4. The summed E-state index contributed by atoms with van der Waals surface area (Å²) in [6.45, 7) is 6.00. The van der Waals surface area contributed by atoms with E-state index in [1.807, 2.05) is 39.0 Å². The van der Waals surface area contributed by atoms with Gasteiger partial charge in [-0.1, -0.05) is 36.7 Å². The molecule has 29 heavy (non-hydrogen) atoms. The fourth-order valence-electron chi connectivity index (χ4n) is 3.67. The SMILES string of the molecule is CCC(C)(C)NC(=O)[C@@H](c1ccccn1)N(C(=O)c1csnn1)C1CCCCC1. The minimum Gasteiger partial charge on any atom is -0.349 e. The standard InChI is InChI=1S/C21H29N5O2S/c1-4-21(2,3)23-19(27)18(16-12-8-9-13-22-16)26(15-10-6-5-7-11-15)20(28)17-14-29-25-24-17/h8-9,12-15,18H,4-7,10-11H2,1-3H3,(H,23,27)/t18-/m1/s1. The first-order valence-electron chi connectivity index (χ1n) is 10.3. The molecule has 2 aromatic heterocycles. The lowest BCUT2D eigenvalue weighted by Crippen LogP contribution is -2.53. The third kappa shape index (κ3) is 5.18. The smallest absolute Gasteiger partial charge is 0.276 e. The van der Waals surface area contributed by atoms with Crippen molar-refractivity contribution < 1.29 is 9.59 Å². The van der Waals surface area contributed by atoms with Gasteiger partial charge in [-0.05, 0) is 56.8 Å². The molecule has 0 bridgehead atoms. The maximum atomic E-state index is 13.5. The van der Waals surface area contributed by atoms with Crippen molar-refractivity contribution >= 4 is 23.3 Å². The Morgan fingerprint density at radius 3 is 2.62 bits per heavy atom. The van der Waals surface area contributed by atoms with Gasteiger partial charge >= 0.3 is 0 Å². The Labute approximate surface area is 176 Å². The molecule has 2 amide bonds. The van der Waals surface area contributed by atoms with E-state index in [-0.39, 0.29) is 29.1 Å². The number of aromatic nitrogens is 3. The lowest BCUT2D eigenvalue weighted by molar-refractivity contribution is -0.128. The second-order valence-corrected chi connectivity index (χ2v) is 8.79. The number of hydrogen-bond acceptors (Lipinski definition) is 6. The van der Waals surface area contributed by atoms with Crippen molar-refractivity contribution in [2.75, 3.05) is 0 Å². The number of pyridine rings is 1. The van der Waals surface area contributed by atoms with Crippen LogP contribution in [-0.4, -0.2) is 42.9 Å². The van der Waals surface area contributed by atoms with Crippen molar-refractivity contribution in [3.05, 3.63) is 41.2 Å². The summed E-state index contributed by atoms with van der Waals surface area (Å²) in [5.74, 6) is -0.469. The van der Waals surface area contributed by atoms with E-state index in [1.54, 1.807) is 16.5 Å². The van der Waals surface area contributed by atoms with Crippen LogP contribution in [0.5, 0.6) is 0 Å². The van der Waals surface area contributed by atoms with Crippen molar-refractivity contribution in [2.24, 2.45) is 0 Å². The Kier molecular flexibility index (Phi) is 6.95. The van der Waals surface area contributed by atoms with Crippen LogP contribution in [-0.2, 0) is 4.79 Å². The summed E-state index contributed by atoms with van der Waals surface area (Å²) in [5, 5.41) is 8.74. The Morgan fingerprint density at radius 1 is 1.28 bits per heavy atom. The van der Waals surface area contributed by atoms with E-state index < -0.39 is 6.04 Å². The van der Waals surface area contributed by atoms with Gasteiger partial charge in [0.15, 0.2) is 11.7 Å². The molecule has 156 valence electrons. The van der Waals surface area contributed by atoms with E-state index in [1.165, 1.54) is 0 Å². The molecular weight excluding hydrogens is 386 g/mol. The highest BCUT2D eigenvalue weighted by atomic mass is 32.1. The monoisotopic (exact) mass is 415 g/mol. The molecule has 1 saturated carbocycles. The van der Waals surface area contributed by atoms with Crippen LogP contribution in [0.15, 0.2) is 29.8 Å². The number of hydrogen-bond donors (Lipinski definition) is 1. The van der Waals surface area contributed by atoms with Crippen LogP contribution in [0.1, 0.15) is 81.5 Å². The van der Waals surface area contributed by atoms with Gasteiger partial charge in [0.2, 0.25) is 5.91 Å². The van der Waals surface area contributed by atoms with Crippen LogP contribution >= 0.6 is 11.5 Å². The van der Waals surface area contributed by atoms with Crippen molar-refractivity contribution in [1.29, 1.82) is 0 Å². The fourth-order valence-corrected chi connectivity index (χ4v) is 4.10. The Morgan fingerprint density at radius 2 is 2.03 bits per heavy atom. The van der Waals surface area contributed by atoms with Gasteiger partial charge in [0, 0.05) is 23.2 Å². The van der Waals surface area contributed by atoms with Crippen molar-refractivity contribution in [1.82, 2.24) is 24.8 Å². The molecule has 0 aromatic carbocycles. The first-order valence-corrected chi connectivity index (χ1v) is 11.1. The van der Waals surface area contributed by atoms with Gasteiger partial charge in [-0.15, -0.1) is 5.10 Å². The highest BCUT2D eigenvalue weighted by Crippen LogP contribution is 2.32. The van der Waals surface area contributed by atoms with Gasteiger partial charge in [-0.3, -0.25) is 14.6 Å². The molecule has 2 heterocycles. The largest absolute Gasteiger partial charge is 0.349 e. The predicted molar refractivity (Wildman–Crippen MR) is 112 cm³/mol. The Balaban J connectivity index is 2.04. The number of nitrogens with zero attached hydrogens (tertiary/aromatic N) is 4. The van der Waals surface area contributed by atoms with E-state index in [0.717, 1.165) is 50.1 Å². The third-order valence-corrected chi connectivity index (χ3v) is 6.13. The molecular formula is C21H29N5O2S. The molecule has 1 aliphatic carbocycles. The summed E-state index contributed by atoms with van der Waals surface area (Å²) in [6.07, 6.45) is 7.42. The second kappa shape index (κ2) is 9.43. The van der Waals surface area contributed by atoms with Crippen LogP contribution in [0.3, 0.4) is 0 Å². The lowest BCUT2D eigenvalue weighted by Gasteiger charge is -2.40. The zero-order valence-corrected chi connectivity index (χ0v) is 18.1. The minimum atomic E-state index is -0.806. The van der Waals surface area contributed by atoms with Gasteiger partial charge in [0.1, 0.15) is 0 Å². The lowest BCUT2D eigenvalue weighted by atomic mass is 9.91. The van der Waals surface area contributed by atoms with Crippen LogP contribution in [0, 0.1) is 0 Å². The summed E-state index contributed by atoms with van der Waals surface area (Å²) in [4.78, 5) is 33.1. The van der Waals surface area contributed by atoms with Crippen LogP contribution in [0.4, 0.5) is 0 Å². The van der Waals surface area contributed by atoms with E-state index >= 15 is 0 Å². The van der Waals surface area contributed by atoms with Gasteiger partial charge in [0.05, 0.1) is 5.69 Å². The summed E-state index contributed by atoms with van der Waals surface area (Å²) in [7, 11) is 0. The number of carbonyl (C=O) groups is 2. The topological polar surface area (TPSA) is 88.1 Å². The number of amides is 2. The highest BCUT2D eigenvalue weighted by molar-refractivity contribution is 7.03. The Hall–Kier alpha value is -2.35. The van der Waals surface area contributed by atoms with Crippen LogP contribution in [0.2, 0.25) is 0 Å². The highest BCUT2D eigenvalue weighted by Gasteiger charge is 2.40. The number of rotatable bonds is 7. The third-order valence-electron chi connectivity index (χ3n) is 5.62. The van der Waals surface area contributed by atoms with Crippen LogP contribution in [0.25, 0.3) is 0 Å². The average Bonchev–Trinajstić information content (AvgIpc) is 3.27. The summed E-state index contributed by atoms with van der Waals surface area (Å²) in [5.41, 5.74) is 0.469. The maximum Gasteiger partial charge on any atom is 0.276 e. The second-order valence-electron chi connectivity index (χ2n) is 8.18. The van der Waals surface area contributed by atoms with Crippen molar-refractivity contribution in [2.45, 2.75) is 76.9 Å². The molecule has 2 aromatic rings. The first-order chi connectivity index (χ1) is 13.9. The zero-order valence-electron chi connectivity index (χ0n) is 17.3. The molecule has 1 aliphatic rings. The van der Waals surface area contributed by atoms with E-state index in [0.29, 0.717) is 5.69 Å². The molecule has 0 aliphatic heterocycles. The van der Waals surface area contributed by atoms with Gasteiger partial charge in [-0.25, -0.2) is 0 Å².